The molecule has 0 saturated heterocycles. The fraction of sp³-hybridized carbons (Fsp3) is 0.389. The Hall–Kier alpha value is -2.06. The summed E-state index contributed by atoms with van der Waals surface area (Å²) >= 11 is 1.16. The van der Waals surface area contributed by atoms with Crippen LogP contribution < -0.4 is 14.8 Å². The molecule has 1 aromatic carbocycles. The van der Waals surface area contributed by atoms with Gasteiger partial charge in [-0.25, -0.2) is 8.42 Å². The number of carbonyl (C=O) groups excluding carboxylic acids is 1. The molecule has 0 aliphatic rings. The predicted molar refractivity (Wildman–Crippen MR) is 102 cm³/mol. The van der Waals surface area contributed by atoms with Gasteiger partial charge in [0.2, 0.25) is 5.91 Å². The molecule has 142 valence electrons. The van der Waals surface area contributed by atoms with Crippen LogP contribution in [0.25, 0.3) is 0 Å². The number of thiophene rings is 1. The summed E-state index contributed by atoms with van der Waals surface area (Å²) in [5, 5.41) is 3.53. The standard InChI is InChI=1S/C18H23NO5S2/c1-4-6-17(20)19-12-16(26(21,22)18-7-5-10-25-18)13-8-9-14(23-2)15(11-13)24-3/h5,7-11,16H,4,6,12H2,1-3H3,(H,19,20)/t16-/m0/s1. The van der Waals surface area contributed by atoms with Crippen molar-refractivity contribution in [2.45, 2.75) is 29.2 Å². The minimum atomic E-state index is -3.66. The lowest BCUT2D eigenvalue weighted by molar-refractivity contribution is -0.121. The van der Waals surface area contributed by atoms with Crippen LogP contribution in [0, 0.1) is 0 Å². The molecule has 6 nitrogen and oxygen atoms in total. The van der Waals surface area contributed by atoms with Gasteiger partial charge in [0.05, 0.1) is 14.2 Å². The molecule has 1 atom stereocenters. The van der Waals surface area contributed by atoms with Crippen molar-refractivity contribution >= 4 is 27.1 Å². The number of ether oxygens (including phenoxy) is 2. The average Bonchev–Trinajstić information content (AvgIpc) is 3.17. The molecular formula is C18H23NO5S2. The van der Waals surface area contributed by atoms with Gasteiger partial charge in [-0.3, -0.25) is 4.79 Å². The number of methoxy groups -OCH3 is 2. The maximum Gasteiger partial charge on any atom is 0.220 e. The van der Waals surface area contributed by atoms with E-state index in [-0.39, 0.29) is 16.7 Å². The zero-order valence-corrected chi connectivity index (χ0v) is 16.7. The van der Waals surface area contributed by atoms with Crippen molar-refractivity contribution in [3.8, 4) is 11.5 Å². The Bertz CT molecular complexity index is 831. The molecule has 1 amide bonds. The first kappa shape index (κ1) is 20.3. The number of hydrogen-bond acceptors (Lipinski definition) is 6. The van der Waals surface area contributed by atoms with Crippen molar-refractivity contribution in [1.29, 1.82) is 0 Å². The summed E-state index contributed by atoms with van der Waals surface area (Å²) in [7, 11) is -0.649. The lowest BCUT2D eigenvalue weighted by Gasteiger charge is -2.19. The van der Waals surface area contributed by atoms with Gasteiger partial charge >= 0.3 is 0 Å². The fourth-order valence-electron chi connectivity index (χ4n) is 2.55. The van der Waals surface area contributed by atoms with Crippen molar-refractivity contribution in [2.75, 3.05) is 20.8 Å². The van der Waals surface area contributed by atoms with Gasteiger partial charge in [-0.1, -0.05) is 19.1 Å². The Morgan fingerprint density at radius 2 is 1.92 bits per heavy atom. The number of carbonyl (C=O) groups is 1. The maximum atomic E-state index is 13.1. The van der Waals surface area contributed by atoms with Crippen LogP contribution in [0.1, 0.15) is 30.6 Å². The van der Waals surface area contributed by atoms with E-state index in [9.17, 15) is 13.2 Å². The van der Waals surface area contributed by atoms with Gasteiger partial charge in [0.1, 0.15) is 9.46 Å². The third-order valence-corrected chi connectivity index (χ3v) is 7.42. The second kappa shape index (κ2) is 9.05. The molecule has 0 aliphatic heterocycles. The van der Waals surface area contributed by atoms with E-state index in [0.29, 0.717) is 29.9 Å². The Kier molecular flexibility index (Phi) is 7.05. The Morgan fingerprint density at radius 1 is 1.19 bits per heavy atom. The van der Waals surface area contributed by atoms with Crippen molar-refractivity contribution < 1.29 is 22.7 Å². The topological polar surface area (TPSA) is 81.7 Å². The van der Waals surface area contributed by atoms with E-state index >= 15 is 0 Å². The molecule has 0 radical (unpaired) electrons. The van der Waals surface area contributed by atoms with Gasteiger partial charge < -0.3 is 14.8 Å². The predicted octanol–water partition coefficient (Wildman–Crippen LogP) is 3.20. The van der Waals surface area contributed by atoms with Crippen molar-refractivity contribution in [2.24, 2.45) is 0 Å². The molecule has 2 rings (SSSR count). The highest BCUT2D eigenvalue weighted by Crippen LogP contribution is 2.36. The molecule has 0 saturated carbocycles. The Labute approximate surface area is 158 Å². The summed E-state index contributed by atoms with van der Waals surface area (Å²) in [4.78, 5) is 11.9. The molecule has 0 spiro atoms. The largest absolute Gasteiger partial charge is 0.493 e. The van der Waals surface area contributed by atoms with E-state index in [1.54, 1.807) is 35.7 Å². The van der Waals surface area contributed by atoms with Crippen LogP contribution in [0.2, 0.25) is 0 Å². The number of hydrogen-bond donors (Lipinski definition) is 1. The molecule has 0 unspecified atom stereocenters. The smallest absolute Gasteiger partial charge is 0.220 e. The maximum absolute atomic E-state index is 13.1. The van der Waals surface area contributed by atoms with Crippen LogP contribution in [0.15, 0.2) is 39.9 Å². The van der Waals surface area contributed by atoms with Gasteiger partial charge in [-0.05, 0) is 35.6 Å². The third-order valence-electron chi connectivity index (χ3n) is 3.89. The minimum Gasteiger partial charge on any atom is -0.493 e. The van der Waals surface area contributed by atoms with Gasteiger partial charge in [0.25, 0.3) is 0 Å². The molecule has 8 heteroatoms. The average molecular weight is 398 g/mol. The minimum absolute atomic E-state index is 0.00541. The second-order valence-electron chi connectivity index (χ2n) is 5.63. The number of sulfone groups is 1. The number of nitrogens with one attached hydrogen (secondary N) is 1. The summed E-state index contributed by atoms with van der Waals surface area (Å²) in [5.41, 5.74) is 0.535. The molecular weight excluding hydrogens is 374 g/mol. The first-order chi connectivity index (χ1) is 12.4. The van der Waals surface area contributed by atoms with E-state index in [0.717, 1.165) is 11.3 Å². The molecule has 0 aliphatic carbocycles. The number of amides is 1. The summed E-state index contributed by atoms with van der Waals surface area (Å²) in [6.45, 7) is 1.89. The van der Waals surface area contributed by atoms with E-state index in [4.69, 9.17) is 9.47 Å². The summed E-state index contributed by atoms with van der Waals surface area (Å²) in [6, 6.07) is 8.25. The van der Waals surface area contributed by atoms with Crippen LogP contribution in [0.3, 0.4) is 0 Å². The first-order valence-corrected chi connectivity index (χ1v) is 10.6. The molecule has 26 heavy (non-hydrogen) atoms. The van der Waals surface area contributed by atoms with E-state index < -0.39 is 15.1 Å². The van der Waals surface area contributed by atoms with Crippen LogP contribution >= 0.6 is 11.3 Å². The highest BCUT2D eigenvalue weighted by atomic mass is 32.2. The van der Waals surface area contributed by atoms with Crippen LogP contribution in [-0.2, 0) is 14.6 Å². The van der Waals surface area contributed by atoms with Crippen LogP contribution in [-0.4, -0.2) is 35.1 Å². The first-order valence-electron chi connectivity index (χ1n) is 8.20. The quantitative estimate of drug-likeness (QED) is 0.703. The monoisotopic (exact) mass is 397 g/mol. The molecule has 0 bridgehead atoms. The zero-order chi connectivity index (χ0) is 19.2. The number of rotatable bonds is 9. The van der Waals surface area contributed by atoms with Crippen molar-refractivity contribution in [3.05, 3.63) is 41.3 Å². The summed E-state index contributed by atoms with van der Waals surface area (Å²) in [6.07, 6.45) is 1.06. The highest BCUT2D eigenvalue weighted by molar-refractivity contribution is 7.93. The molecule has 2 aromatic rings. The van der Waals surface area contributed by atoms with Gasteiger partial charge in [-0.15, -0.1) is 11.3 Å². The van der Waals surface area contributed by atoms with Gasteiger partial charge in [0.15, 0.2) is 21.3 Å². The van der Waals surface area contributed by atoms with Gasteiger partial charge in [0, 0.05) is 13.0 Å². The number of benzene rings is 1. The highest BCUT2D eigenvalue weighted by Gasteiger charge is 2.31. The zero-order valence-electron chi connectivity index (χ0n) is 15.0. The Morgan fingerprint density at radius 3 is 2.50 bits per heavy atom. The second-order valence-corrected chi connectivity index (χ2v) is 8.94. The molecule has 1 N–H and O–H groups in total. The SMILES string of the molecule is CCCC(=O)NC[C@@H](c1ccc(OC)c(OC)c1)S(=O)(=O)c1cccs1. The van der Waals surface area contributed by atoms with E-state index in [1.165, 1.54) is 14.2 Å². The molecule has 0 fully saturated rings. The lowest BCUT2D eigenvalue weighted by Crippen LogP contribution is -2.31. The van der Waals surface area contributed by atoms with Crippen molar-refractivity contribution in [3.63, 3.8) is 0 Å². The van der Waals surface area contributed by atoms with Crippen LogP contribution in [0.5, 0.6) is 11.5 Å². The lowest BCUT2D eigenvalue weighted by atomic mass is 10.1. The third kappa shape index (κ3) is 4.56. The normalized spacial score (nSPS) is 12.4. The van der Waals surface area contributed by atoms with E-state index in [2.05, 4.69) is 5.32 Å². The molecule has 1 heterocycles. The summed E-state index contributed by atoms with van der Waals surface area (Å²) in [5.74, 6) is 0.786. The Balaban J connectivity index is 2.42. The van der Waals surface area contributed by atoms with Crippen molar-refractivity contribution in [1.82, 2.24) is 5.32 Å². The molecule has 1 aromatic heterocycles. The summed E-state index contributed by atoms with van der Waals surface area (Å²) < 4.78 is 37.0. The van der Waals surface area contributed by atoms with Crippen LogP contribution in [0.4, 0.5) is 0 Å². The van der Waals surface area contributed by atoms with E-state index in [1.807, 2.05) is 6.92 Å². The van der Waals surface area contributed by atoms with Gasteiger partial charge in [-0.2, -0.15) is 0 Å². The fourth-order valence-corrected chi connectivity index (χ4v) is 5.40.